The second kappa shape index (κ2) is 8.41. The van der Waals surface area contributed by atoms with E-state index in [0.29, 0.717) is 5.56 Å². The first-order chi connectivity index (χ1) is 11.4. The molecule has 1 atom stereocenters. The van der Waals surface area contributed by atoms with Gasteiger partial charge in [-0.2, -0.15) is 5.26 Å². The summed E-state index contributed by atoms with van der Waals surface area (Å²) in [4.78, 5) is 12.4. The zero-order valence-corrected chi connectivity index (χ0v) is 15.8. The molecule has 0 saturated carbocycles. The van der Waals surface area contributed by atoms with E-state index < -0.39 is 29.0 Å². The molecular formula is C19H27FN2O3. The maximum atomic E-state index is 14.0. The molecule has 0 saturated heterocycles. The minimum absolute atomic E-state index is 0.107. The Hall–Kier alpha value is -1.97. The largest absolute Gasteiger partial charge is 0.459 e. The lowest BCUT2D eigenvalue weighted by Gasteiger charge is -2.27. The van der Waals surface area contributed by atoms with Crippen molar-refractivity contribution < 1.29 is 18.7 Å². The summed E-state index contributed by atoms with van der Waals surface area (Å²) >= 11 is 0. The van der Waals surface area contributed by atoms with Crippen LogP contribution in [0, 0.1) is 17.1 Å². The average Bonchev–Trinajstić information content (AvgIpc) is 2.45. The van der Waals surface area contributed by atoms with Gasteiger partial charge in [-0.15, -0.1) is 0 Å². The molecule has 25 heavy (non-hydrogen) atoms. The van der Waals surface area contributed by atoms with E-state index >= 15 is 0 Å². The molecule has 0 aliphatic carbocycles. The van der Waals surface area contributed by atoms with Crippen molar-refractivity contribution in [1.82, 2.24) is 5.32 Å². The van der Waals surface area contributed by atoms with Crippen molar-refractivity contribution >= 4 is 5.97 Å². The normalized spacial score (nSPS) is 13.2. The number of carbonyl (C=O) groups is 1. The number of halogens is 1. The minimum atomic E-state index is -0.728. The smallest absolute Gasteiger partial charge is 0.326 e. The summed E-state index contributed by atoms with van der Waals surface area (Å²) in [5, 5.41) is 11.8. The highest BCUT2D eigenvalue weighted by atomic mass is 19.1. The quantitative estimate of drug-likeness (QED) is 0.797. The van der Waals surface area contributed by atoms with Gasteiger partial charge >= 0.3 is 5.97 Å². The van der Waals surface area contributed by atoms with Crippen molar-refractivity contribution in [2.45, 2.75) is 65.3 Å². The Labute approximate surface area is 149 Å². The molecule has 138 valence electrons. The topological polar surface area (TPSA) is 71.3 Å². The summed E-state index contributed by atoms with van der Waals surface area (Å²) in [5.41, 5.74) is -0.426. The predicted octanol–water partition coefficient (Wildman–Crippen LogP) is 3.31. The van der Waals surface area contributed by atoms with Gasteiger partial charge in [0.2, 0.25) is 0 Å². The summed E-state index contributed by atoms with van der Waals surface area (Å²) in [6, 6.07) is 5.39. The SMILES string of the molecule is CC(C)(C)OCC(NCc1ccc(C#N)cc1F)C(=O)OC(C)(C)C. The van der Waals surface area contributed by atoms with Gasteiger partial charge in [-0.05, 0) is 53.7 Å². The minimum Gasteiger partial charge on any atom is -0.459 e. The first kappa shape index (κ1) is 21.1. The molecule has 0 bridgehead atoms. The van der Waals surface area contributed by atoms with Crippen LogP contribution in [0.25, 0.3) is 0 Å². The molecule has 0 radical (unpaired) electrons. The van der Waals surface area contributed by atoms with E-state index in [0.717, 1.165) is 0 Å². The van der Waals surface area contributed by atoms with Crippen LogP contribution in [0.15, 0.2) is 18.2 Å². The summed E-state index contributed by atoms with van der Waals surface area (Å²) in [5.74, 6) is -0.947. The van der Waals surface area contributed by atoms with Gasteiger partial charge in [0.15, 0.2) is 0 Å². The Kier molecular flexibility index (Phi) is 7.09. The van der Waals surface area contributed by atoms with Crippen LogP contribution >= 0.6 is 0 Å². The molecule has 5 nitrogen and oxygen atoms in total. The number of hydrogen-bond acceptors (Lipinski definition) is 5. The van der Waals surface area contributed by atoms with Crippen LogP contribution in [0.4, 0.5) is 4.39 Å². The van der Waals surface area contributed by atoms with Gasteiger partial charge in [0.05, 0.1) is 23.8 Å². The van der Waals surface area contributed by atoms with Gasteiger partial charge < -0.3 is 9.47 Å². The zero-order chi connectivity index (χ0) is 19.3. The van der Waals surface area contributed by atoms with E-state index in [2.05, 4.69) is 5.32 Å². The van der Waals surface area contributed by atoms with Crippen molar-refractivity contribution in [3.8, 4) is 6.07 Å². The molecule has 6 heteroatoms. The Morgan fingerprint density at radius 1 is 1.24 bits per heavy atom. The second-order valence-electron chi connectivity index (χ2n) is 7.81. The Morgan fingerprint density at radius 2 is 1.88 bits per heavy atom. The van der Waals surface area contributed by atoms with Crippen LogP contribution in [0.5, 0.6) is 0 Å². The molecule has 0 fully saturated rings. The van der Waals surface area contributed by atoms with Crippen molar-refractivity contribution in [2.24, 2.45) is 0 Å². The Morgan fingerprint density at radius 3 is 2.36 bits per heavy atom. The number of nitrogens with zero attached hydrogens (tertiary/aromatic N) is 1. The van der Waals surface area contributed by atoms with Crippen LogP contribution in [0.3, 0.4) is 0 Å². The molecular weight excluding hydrogens is 323 g/mol. The molecule has 0 aliphatic heterocycles. The number of benzene rings is 1. The molecule has 1 rings (SSSR count). The number of nitriles is 1. The highest BCUT2D eigenvalue weighted by Crippen LogP contribution is 2.14. The molecule has 1 aromatic carbocycles. The van der Waals surface area contributed by atoms with Gasteiger partial charge in [-0.25, -0.2) is 4.39 Å². The van der Waals surface area contributed by atoms with E-state index in [-0.39, 0.29) is 18.7 Å². The maximum Gasteiger partial charge on any atom is 0.326 e. The Balaban J connectivity index is 2.82. The number of ether oxygens (including phenoxy) is 2. The van der Waals surface area contributed by atoms with Crippen molar-refractivity contribution in [1.29, 1.82) is 5.26 Å². The number of nitrogens with one attached hydrogen (secondary N) is 1. The van der Waals surface area contributed by atoms with Gasteiger partial charge in [0, 0.05) is 12.1 Å². The average molecular weight is 350 g/mol. The van der Waals surface area contributed by atoms with Gasteiger partial charge in [0.1, 0.15) is 17.5 Å². The van der Waals surface area contributed by atoms with Crippen molar-refractivity contribution in [3.63, 3.8) is 0 Å². The third-order valence-corrected chi connectivity index (χ3v) is 3.10. The first-order valence-electron chi connectivity index (χ1n) is 8.20. The van der Waals surface area contributed by atoms with Crippen molar-refractivity contribution in [2.75, 3.05) is 6.61 Å². The standard InChI is InChI=1S/C19H27FN2O3/c1-18(2,3)24-12-16(17(23)25-19(4,5)6)22-11-14-8-7-13(10-21)9-15(14)20/h7-9,16,22H,11-12H2,1-6H3. The van der Waals surface area contributed by atoms with Crippen LogP contribution in [0.2, 0.25) is 0 Å². The third-order valence-electron chi connectivity index (χ3n) is 3.10. The molecule has 1 aromatic rings. The molecule has 0 spiro atoms. The third kappa shape index (κ3) is 8.10. The lowest BCUT2D eigenvalue weighted by atomic mass is 10.1. The molecule has 1 unspecified atom stereocenters. The fourth-order valence-corrected chi connectivity index (χ4v) is 1.91. The van der Waals surface area contributed by atoms with Crippen molar-refractivity contribution in [3.05, 3.63) is 35.1 Å². The van der Waals surface area contributed by atoms with Gasteiger partial charge in [-0.1, -0.05) is 6.07 Å². The summed E-state index contributed by atoms with van der Waals surface area (Å²) in [6.45, 7) is 11.2. The van der Waals surface area contributed by atoms with E-state index in [4.69, 9.17) is 14.7 Å². The molecule has 1 N–H and O–H groups in total. The fourth-order valence-electron chi connectivity index (χ4n) is 1.91. The summed E-state index contributed by atoms with van der Waals surface area (Å²) in [7, 11) is 0. The Bertz CT molecular complexity index is 640. The summed E-state index contributed by atoms with van der Waals surface area (Å²) in [6.07, 6.45) is 0. The molecule has 0 heterocycles. The fraction of sp³-hybridized carbons (Fsp3) is 0.579. The number of esters is 1. The number of carbonyl (C=O) groups excluding carboxylic acids is 1. The number of rotatable bonds is 6. The first-order valence-corrected chi connectivity index (χ1v) is 8.20. The summed E-state index contributed by atoms with van der Waals surface area (Å²) < 4.78 is 25.1. The van der Waals surface area contributed by atoms with Crippen LogP contribution in [-0.2, 0) is 20.8 Å². The number of hydrogen-bond donors (Lipinski definition) is 1. The molecule has 0 aliphatic rings. The highest BCUT2D eigenvalue weighted by Gasteiger charge is 2.27. The lowest BCUT2D eigenvalue weighted by Crippen LogP contribution is -2.45. The van der Waals surface area contributed by atoms with Crippen LogP contribution in [0.1, 0.15) is 52.7 Å². The van der Waals surface area contributed by atoms with E-state index in [1.807, 2.05) is 26.8 Å². The van der Waals surface area contributed by atoms with E-state index in [1.165, 1.54) is 18.2 Å². The monoisotopic (exact) mass is 350 g/mol. The van der Waals surface area contributed by atoms with E-state index in [1.54, 1.807) is 20.8 Å². The molecule has 0 aromatic heterocycles. The van der Waals surface area contributed by atoms with Crippen LogP contribution in [-0.4, -0.2) is 29.8 Å². The van der Waals surface area contributed by atoms with Gasteiger partial charge in [-0.3, -0.25) is 10.1 Å². The molecule has 0 amide bonds. The second-order valence-corrected chi connectivity index (χ2v) is 7.81. The van der Waals surface area contributed by atoms with Gasteiger partial charge in [0.25, 0.3) is 0 Å². The lowest BCUT2D eigenvalue weighted by molar-refractivity contribution is -0.160. The van der Waals surface area contributed by atoms with E-state index in [9.17, 15) is 9.18 Å². The van der Waals surface area contributed by atoms with Crippen LogP contribution < -0.4 is 5.32 Å². The predicted molar refractivity (Wildman–Crippen MR) is 93.3 cm³/mol. The highest BCUT2D eigenvalue weighted by molar-refractivity contribution is 5.76. The zero-order valence-electron chi connectivity index (χ0n) is 15.8. The maximum absolute atomic E-state index is 14.0.